The fraction of sp³-hybridized carbons (Fsp3) is 0.0870. The minimum atomic E-state index is -0.995. The normalized spacial score (nSPS) is 8.38. The number of carboxylic acid groups (broad SMARTS) is 1. The average molecular weight is 532 g/mol. The molecule has 0 atom stereocenters. The maximum absolute atomic E-state index is 9.26. The third kappa shape index (κ3) is 14.5. The van der Waals surface area contributed by atoms with E-state index in [1.54, 1.807) is 24.8 Å². The smallest absolute Gasteiger partial charge is 1.00 e. The van der Waals surface area contributed by atoms with Crippen LogP contribution in [-0.2, 0) is 21.9 Å². The number of nitrogens with one attached hydrogen (secondary N) is 2. The van der Waals surface area contributed by atoms with Crippen molar-refractivity contribution in [1.29, 1.82) is 0 Å². The van der Waals surface area contributed by atoms with Crippen molar-refractivity contribution in [3.8, 4) is 0 Å². The minimum absolute atomic E-state index is 0. The zero-order valence-corrected chi connectivity index (χ0v) is 19.9. The summed E-state index contributed by atoms with van der Waals surface area (Å²) in [6.45, 7) is 1.54. The molecule has 0 spiro atoms. The van der Waals surface area contributed by atoms with Crippen LogP contribution in [0.25, 0.3) is 0 Å². The van der Waals surface area contributed by atoms with Gasteiger partial charge < -0.3 is 38.4 Å². The van der Waals surface area contributed by atoms with Gasteiger partial charge in [0.15, 0.2) is 0 Å². The van der Waals surface area contributed by atoms with Crippen molar-refractivity contribution >= 4 is 29.2 Å². The first-order chi connectivity index (χ1) is 15.2. The maximum atomic E-state index is 9.26. The van der Waals surface area contributed by atoms with Crippen LogP contribution in [0.4, 0.5) is 23.3 Å². The molecule has 183 valence electrons. The molecule has 4 aromatic rings. The Labute approximate surface area is 215 Å². The molecule has 0 amide bonds. The second kappa shape index (κ2) is 20.1. The number of aromatic nitrogens is 4. The van der Waals surface area contributed by atoms with Gasteiger partial charge in [0.2, 0.25) is 0 Å². The first-order valence-corrected chi connectivity index (χ1v) is 9.55. The van der Waals surface area contributed by atoms with Crippen LogP contribution in [0.5, 0.6) is 0 Å². The summed E-state index contributed by atoms with van der Waals surface area (Å²) in [5.74, 6) is 2.23. The minimum Gasteiger partial charge on any atom is -1.00 e. The van der Waals surface area contributed by atoms with Crippen molar-refractivity contribution in [3.63, 3.8) is 0 Å². The first-order valence-electron chi connectivity index (χ1n) is 9.55. The molecule has 11 heteroatoms. The van der Waals surface area contributed by atoms with E-state index in [2.05, 4.69) is 30.6 Å². The Bertz CT molecular complexity index is 852. The van der Waals surface area contributed by atoms with Crippen LogP contribution < -0.4 is 28.1 Å². The number of pyridine rings is 4. The fourth-order valence-corrected chi connectivity index (χ4v) is 2.01. The Morgan fingerprint density at radius 3 is 1.06 bits per heavy atom. The Balaban J connectivity index is 0. The van der Waals surface area contributed by atoms with E-state index in [0.717, 1.165) is 23.3 Å². The molecular formula is C23H25ClCuN6O3. The van der Waals surface area contributed by atoms with E-state index in [-0.39, 0.29) is 41.4 Å². The molecule has 0 aliphatic heterocycles. The van der Waals surface area contributed by atoms with E-state index >= 15 is 0 Å². The van der Waals surface area contributed by atoms with Crippen LogP contribution >= 0.6 is 0 Å². The van der Waals surface area contributed by atoms with Crippen molar-refractivity contribution in [2.75, 3.05) is 10.6 Å². The molecule has 4 aromatic heterocycles. The van der Waals surface area contributed by atoms with Crippen molar-refractivity contribution in [2.45, 2.75) is 13.3 Å². The van der Waals surface area contributed by atoms with Crippen LogP contribution in [-0.4, -0.2) is 31.4 Å². The molecule has 0 fully saturated rings. The second-order valence-electron chi connectivity index (χ2n) is 5.84. The number of carbonyl (C=O) groups is 1. The zero-order valence-electron chi connectivity index (χ0n) is 18.2. The van der Waals surface area contributed by atoms with Crippen LogP contribution in [0, 0.1) is 0 Å². The Kier molecular flexibility index (Phi) is 19.3. The number of hydrogen-bond acceptors (Lipinski definition) is 8. The average Bonchev–Trinajstić information content (AvgIpc) is 2.83. The summed E-state index contributed by atoms with van der Waals surface area (Å²) >= 11 is 0. The van der Waals surface area contributed by atoms with Crippen LogP contribution in [0.15, 0.2) is 97.6 Å². The molecule has 4 heterocycles. The van der Waals surface area contributed by atoms with Gasteiger partial charge in [-0.15, -0.1) is 0 Å². The van der Waals surface area contributed by atoms with Gasteiger partial charge in [-0.25, -0.2) is 19.9 Å². The molecule has 34 heavy (non-hydrogen) atoms. The number of aliphatic carboxylic acids is 1. The quantitative estimate of drug-likeness (QED) is 0.335. The number of rotatable bonds is 5. The molecular weight excluding hydrogens is 507 g/mol. The molecule has 1 radical (unpaired) electrons. The SMILES string of the molecule is CCC(=O)[O-].O.[Cl-].[Cu+2].c1ccc(Nc2ccccn2)nc1.c1ccc(Nc2ccccn2)nc1. The topological polar surface area (TPSA) is 147 Å². The summed E-state index contributed by atoms with van der Waals surface area (Å²) < 4.78 is 0. The monoisotopic (exact) mass is 531 g/mol. The second-order valence-corrected chi connectivity index (χ2v) is 5.84. The van der Waals surface area contributed by atoms with E-state index in [1.165, 1.54) is 6.92 Å². The Morgan fingerprint density at radius 2 is 0.912 bits per heavy atom. The summed E-state index contributed by atoms with van der Waals surface area (Å²) in [4.78, 5) is 25.7. The zero-order chi connectivity index (χ0) is 22.2. The molecule has 0 saturated carbocycles. The van der Waals surface area contributed by atoms with E-state index in [4.69, 9.17) is 0 Å². The van der Waals surface area contributed by atoms with Crippen molar-refractivity contribution in [2.24, 2.45) is 0 Å². The summed E-state index contributed by atoms with van der Waals surface area (Å²) in [5, 5.41) is 15.4. The van der Waals surface area contributed by atoms with E-state index in [0.29, 0.717) is 0 Å². The number of halogens is 1. The van der Waals surface area contributed by atoms with Crippen LogP contribution in [0.1, 0.15) is 13.3 Å². The van der Waals surface area contributed by atoms with Gasteiger partial charge in [0.1, 0.15) is 23.3 Å². The largest absolute Gasteiger partial charge is 2.00 e. The third-order valence-electron chi connectivity index (χ3n) is 3.46. The number of carbonyl (C=O) groups excluding carboxylic acids is 1. The van der Waals surface area contributed by atoms with Gasteiger partial charge in [-0.2, -0.15) is 0 Å². The molecule has 0 aliphatic carbocycles. The third-order valence-corrected chi connectivity index (χ3v) is 3.46. The summed E-state index contributed by atoms with van der Waals surface area (Å²) in [6, 6.07) is 22.8. The number of nitrogens with zero attached hydrogens (tertiary/aromatic N) is 4. The molecule has 0 aromatic carbocycles. The van der Waals surface area contributed by atoms with E-state index in [9.17, 15) is 9.90 Å². The molecule has 0 bridgehead atoms. The van der Waals surface area contributed by atoms with Crippen LogP contribution in [0.3, 0.4) is 0 Å². The van der Waals surface area contributed by atoms with Crippen molar-refractivity contribution < 1.29 is 44.9 Å². The molecule has 0 saturated heterocycles. The molecule has 4 rings (SSSR count). The first kappa shape index (κ1) is 32.6. The van der Waals surface area contributed by atoms with Crippen molar-refractivity contribution in [3.05, 3.63) is 97.6 Å². The van der Waals surface area contributed by atoms with Gasteiger partial charge in [0.05, 0.1) is 0 Å². The predicted octanol–water partition coefficient (Wildman–Crippen LogP) is -0.236. The molecule has 9 nitrogen and oxygen atoms in total. The van der Waals surface area contributed by atoms with Crippen molar-refractivity contribution in [1.82, 2.24) is 19.9 Å². The maximum Gasteiger partial charge on any atom is 2.00 e. The predicted molar refractivity (Wildman–Crippen MR) is 122 cm³/mol. The van der Waals surface area contributed by atoms with E-state index in [1.807, 2.05) is 72.8 Å². The van der Waals surface area contributed by atoms with Gasteiger partial charge in [0.25, 0.3) is 0 Å². The molecule has 0 unspecified atom stereocenters. The van der Waals surface area contributed by atoms with Gasteiger partial charge in [0, 0.05) is 30.8 Å². The number of carboxylic acids is 1. The standard InChI is InChI=1S/2C10H9N3.C3H6O2.ClH.Cu.H2O/c2*1-3-7-11-9(5-1)13-10-6-2-4-8-12-10;1-2-3(4)5;;;/h2*1-8H,(H,11,12,13);2H2,1H3,(H,4,5);1H;;1H2/q;;;;+2;/p-2. The van der Waals surface area contributed by atoms with Crippen LogP contribution in [0.2, 0.25) is 0 Å². The Hall–Kier alpha value is -3.56. The molecule has 0 aliphatic rings. The van der Waals surface area contributed by atoms with Gasteiger partial charge in [-0.3, -0.25) is 0 Å². The Morgan fingerprint density at radius 1 is 0.676 bits per heavy atom. The van der Waals surface area contributed by atoms with Gasteiger partial charge in [-0.1, -0.05) is 31.2 Å². The fourth-order valence-electron chi connectivity index (χ4n) is 2.01. The molecule has 4 N–H and O–H groups in total. The van der Waals surface area contributed by atoms with Gasteiger partial charge in [-0.05, 0) is 55.0 Å². The van der Waals surface area contributed by atoms with Gasteiger partial charge >= 0.3 is 17.1 Å². The summed E-state index contributed by atoms with van der Waals surface area (Å²) in [7, 11) is 0. The summed E-state index contributed by atoms with van der Waals surface area (Å²) in [5.41, 5.74) is 0. The summed E-state index contributed by atoms with van der Waals surface area (Å²) in [6.07, 6.45) is 7.08. The number of hydrogen-bond donors (Lipinski definition) is 2. The number of anilines is 4. The van der Waals surface area contributed by atoms with E-state index < -0.39 is 5.97 Å².